The Hall–Kier alpha value is -1.18. The number of aromatic nitrogens is 4. The van der Waals surface area contributed by atoms with Crippen molar-refractivity contribution in [2.45, 2.75) is 19.8 Å². The molecule has 2 rings (SSSR count). The van der Waals surface area contributed by atoms with Crippen LogP contribution in [-0.2, 0) is 6.42 Å². The van der Waals surface area contributed by atoms with Gasteiger partial charge in [-0.3, -0.25) is 0 Å². The molecule has 0 aromatic carbocycles. The first-order chi connectivity index (χ1) is 7.72. The molecule has 0 unspecified atom stereocenters. The fraction of sp³-hybridized carbons (Fsp3) is 0.300. The monoisotopic (exact) mass is 329 g/mol. The van der Waals surface area contributed by atoms with Crippen molar-refractivity contribution >= 4 is 28.4 Å². The first kappa shape index (κ1) is 11.3. The Balaban J connectivity index is 2.51. The number of hydrogen-bond acceptors (Lipinski definition) is 4. The lowest BCUT2D eigenvalue weighted by Gasteiger charge is -2.08. The second kappa shape index (κ2) is 4.77. The van der Waals surface area contributed by atoms with Crippen molar-refractivity contribution in [3.63, 3.8) is 0 Å². The highest BCUT2D eigenvalue weighted by molar-refractivity contribution is 14.1. The number of nitrogens with zero attached hydrogens (tertiary/aromatic N) is 4. The van der Waals surface area contributed by atoms with Crippen LogP contribution in [0, 0.1) is 3.57 Å². The molecule has 0 aliphatic carbocycles. The molecule has 2 aromatic heterocycles. The second-order valence-electron chi connectivity index (χ2n) is 3.41. The molecule has 0 aliphatic rings. The van der Waals surface area contributed by atoms with Crippen molar-refractivity contribution in [3.8, 4) is 5.82 Å². The summed E-state index contributed by atoms with van der Waals surface area (Å²) in [5.41, 5.74) is 6.82. The van der Waals surface area contributed by atoms with Gasteiger partial charge in [0, 0.05) is 11.8 Å². The Labute approximate surface area is 107 Å². The lowest BCUT2D eigenvalue weighted by atomic mass is 10.1. The van der Waals surface area contributed by atoms with Gasteiger partial charge >= 0.3 is 0 Å². The Bertz CT molecular complexity index is 494. The largest absolute Gasteiger partial charge is 0.383 e. The predicted octanol–water partition coefficient (Wildman–Crippen LogP) is 1.80. The highest BCUT2D eigenvalue weighted by atomic mass is 127. The fourth-order valence-corrected chi connectivity index (χ4v) is 1.91. The fourth-order valence-electron chi connectivity index (χ4n) is 1.52. The average Bonchev–Trinajstić information content (AvgIpc) is 2.68. The molecule has 84 valence electrons. The van der Waals surface area contributed by atoms with E-state index in [9.17, 15) is 0 Å². The minimum Gasteiger partial charge on any atom is -0.383 e. The zero-order chi connectivity index (χ0) is 11.5. The lowest BCUT2D eigenvalue weighted by molar-refractivity contribution is 0.801. The van der Waals surface area contributed by atoms with Gasteiger partial charge in [-0.25, -0.2) is 14.6 Å². The van der Waals surface area contributed by atoms with Crippen LogP contribution >= 0.6 is 22.6 Å². The zero-order valence-electron chi connectivity index (χ0n) is 8.89. The molecule has 2 aromatic rings. The smallest absolute Gasteiger partial charge is 0.162 e. The molecule has 0 fully saturated rings. The zero-order valence-corrected chi connectivity index (χ0v) is 11.0. The second-order valence-corrected chi connectivity index (χ2v) is 4.66. The van der Waals surface area contributed by atoms with Gasteiger partial charge in [-0.1, -0.05) is 13.3 Å². The van der Waals surface area contributed by atoms with Gasteiger partial charge in [0.1, 0.15) is 12.1 Å². The highest BCUT2D eigenvalue weighted by Crippen LogP contribution is 2.18. The van der Waals surface area contributed by atoms with E-state index in [1.165, 1.54) is 6.33 Å². The van der Waals surface area contributed by atoms with E-state index in [1.54, 1.807) is 10.9 Å². The normalized spacial score (nSPS) is 10.6. The Morgan fingerprint density at radius 2 is 2.25 bits per heavy atom. The number of nitrogen functional groups attached to an aromatic ring is 1. The summed E-state index contributed by atoms with van der Waals surface area (Å²) < 4.78 is 2.81. The van der Waals surface area contributed by atoms with Gasteiger partial charge in [-0.05, 0) is 29.0 Å². The van der Waals surface area contributed by atoms with E-state index >= 15 is 0 Å². The molecule has 6 heteroatoms. The topological polar surface area (TPSA) is 69.6 Å². The van der Waals surface area contributed by atoms with E-state index in [2.05, 4.69) is 44.6 Å². The Kier molecular flexibility index (Phi) is 3.37. The van der Waals surface area contributed by atoms with E-state index in [4.69, 9.17) is 5.73 Å². The number of rotatable bonds is 3. The molecular formula is C10H12IN5. The summed E-state index contributed by atoms with van der Waals surface area (Å²) in [5.74, 6) is 1.31. The number of hydrogen-bond donors (Lipinski definition) is 1. The van der Waals surface area contributed by atoms with Crippen LogP contribution in [0.4, 0.5) is 5.82 Å². The standard InChI is InChI=1S/C10H12IN5/c1-2-3-8-9(12)13-6-14-10(8)16-5-7(11)4-15-16/h4-6H,2-3H2,1H3,(H2,12,13,14). The van der Waals surface area contributed by atoms with Gasteiger partial charge < -0.3 is 5.73 Å². The minimum absolute atomic E-state index is 0.539. The van der Waals surface area contributed by atoms with Gasteiger partial charge in [-0.2, -0.15) is 5.10 Å². The van der Waals surface area contributed by atoms with Crippen molar-refractivity contribution in [1.29, 1.82) is 0 Å². The third kappa shape index (κ3) is 2.16. The molecule has 0 spiro atoms. The molecule has 0 saturated carbocycles. The van der Waals surface area contributed by atoms with Crippen molar-refractivity contribution in [2.75, 3.05) is 5.73 Å². The van der Waals surface area contributed by atoms with Crippen LogP contribution in [0.1, 0.15) is 18.9 Å². The maximum absolute atomic E-state index is 5.86. The SMILES string of the molecule is CCCc1c(N)ncnc1-n1cc(I)cn1. The maximum Gasteiger partial charge on any atom is 0.162 e. The molecule has 0 radical (unpaired) electrons. The van der Waals surface area contributed by atoms with Crippen LogP contribution < -0.4 is 5.73 Å². The van der Waals surface area contributed by atoms with E-state index in [-0.39, 0.29) is 0 Å². The molecule has 16 heavy (non-hydrogen) atoms. The van der Waals surface area contributed by atoms with Crippen LogP contribution in [0.5, 0.6) is 0 Å². The van der Waals surface area contributed by atoms with Crippen LogP contribution in [0.2, 0.25) is 0 Å². The Morgan fingerprint density at radius 3 is 2.88 bits per heavy atom. The third-order valence-electron chi connectivity index (χ3n) is 2.22. The summed E-state index contributed by atoms with van der Waals surface area (Å²) in [4.78, 5) is 8.26. The van der Waals surface area contributed by atoms with Gasteiger partial charge in [-0.15, -0.1) is 0 Å². The molecule has 0 aliphatic heterocycles. The van der Waals surface area contributed by atoms with Gasteiger partial charge in [0.2, 0.25) is 0 Å². The third-order valence-corrected chi connectivity index (χ3v) is 2.78. The summed E-state index contributed by atoms with van der Waals surface area (Å²) >= 11 is 2.21. The van der Waals surface area contributed by atoms with E-state index in [0.717, 1.165) is 27.8 Å². The molecule has 0 amide bonds. The summed E-state index contributed by atoms with van der Waals surface area (Å²) in [5, 5.41) is 4.23. The van der Waals surface area contributed by atoms with Crippen molar-refractivity contribution in [3.05, 3.63) is 27.9 Å². The van der Waals surface area contributed by atoms with Crippen molar-refractivity contribution in [2.24, 2.45) is 0 Å². The van der Waals surface area contributed by atoms with Crippen LogP contribution in [0.25, 0.3) is 5.82 Å². The van der Waals surface area contributed by atoms with E-state index < -0.39 is 0 Å². The van der Waals surface area contributed by atoms with Crippen molar-refractivity contribution in [1.82, 2.24) is 19.7 Å². The first-order valence-corrected chi connectivity index (χ1v) is 6.10. The predicted molar refractivity (Wildman–Crippen MR) is 70.3 cm³/mol. The van der Waals surface area contributed by atoms with Gasteiger partial charge in [0.15, 0.2) is 5.82 Å². The minimum atomic E-state index is 0.539. The lowest BCUT2D eigenvalue weighted by Crippen LogP contribution is -2.08. The molecule has 2 N–H and O–H groups in total. The quantitative estimate of drug-likeness (QED) is 0.872. The molecular weight excluding hydrogens is 317 g/mol. The van der Waals surface area contributed by atoms with Gasteiger partial charge in [0.25, 0.3) is 0 Å². The number of halogens is 1. The number of nitrogens with two attached hydrogens (primary N) is 1. The molecule has 5 nitrogen and oxygen atoms in total. The van der Waals surface area contributed by atoms with Crippen LogP contribution in [-0.4, -0.2) is 19.7 Å². The molecule has 0 atom stereocenters. The summed E-state index contributed by atoms with van der Waals surface area (Å²) in [6.07, 6.45) is 7.04. The molecule has 0 bridgehead atoms. The van der Waals surface area contributed by atoms with Crippen LogP contribution in [0.3, 0.4) is 0 Å². The highest BCUT2D eigenvalue weighted by Gasteiger charge is 2.10. The first-order valence-electron chi connectivity index (χ1n) is 5.02. The van der Waals surface area contributed by atoms with Crippen molar-refractivity contribution < 1.29 is 0 Å². The summed E-state index contributed by atoms with van der Waals surface area (Å²) in [6, 6.07) is 0. The van der Waals surface area contributed by atoms with E-state index in [1.807, 2.05) is 6.20 Å². The molecule has 2 heterocycles. The maximum atomic E-state index is 5.86. The molecule has 0 saturated heterocycles. The average molecular weight is 329 g/mol. The number of anilines is 1. The van der Waals surface area contributed by atoms with Gasteiger partial charge in [0.05, 0.1) is 9.77 Å². The Morgan fingerprint density at radius 1 is 1.44 bits per heavy atom. The summed E-state index contributed by atoms with van der Waals surface area (Å²) in [6.45, 7) is 2.10. The van der Waals surface area contributed by atoms with Crippen LogP contribution in [0.15, 0.2) is 18.7 Å². The summed E-state index contributed by atoms with van der Waals surface area (Å²) in [7, 11) is 0. The van der Waals surface area contributed by atoms with E-state index in [0.29, 0.717) is 5.82 Å².